The minimum Gasteiger partial charge on any atom is -0.456 e. The van der Waals surface area contributed by atoms with E-state index in [9.17, 15) is 0 Å². The summed E-state index contributed by atoms with van der Waals surface area (Å²) in [6, 6.07) is 19.3. The third kappa shape index (κ3) is 1.60. The molecule has 0 fully saturated rings. The zero-order valence-corrected chi connectivity index (χ0v) is 14.1. The second-order valence-corrected chi connectivity index (χ2v) is 6.89. The molecule has 0 aliphatic carbocycles. The van der Waals surface area contributed by atoms with E-state index in [2.05, 4.69) is 67.9 Å². The molecule has 0 radical (unpaired) electrons. The van der Waals surface area contributed by atoms with Crippen LogP contribution in [0.1, 0.15) is 25.3 Å². The Labute approximate surface area is 140 Å². The number of aryl methyl sites for hydroxylation is 1. The van der Waals surface area contributed by atoms with Gasteiger partial charge in [-0.2, -0.15) is 0 Å². The van der Waals surface area contributed by atoms with Crippen molar-refractivity contribution in [3.8, 4) is 0 Å². The number of hydrogen-bond acceptors (Lipinski definition) is 1. The normalized spacial score (nSPS) is 12.3. The zero-order valence-electron chi connectivity index (χ0n) is 14.1. The lowest BCUT2D eigenvalue weighted by atomic mass is 9.99. The molecule has 2 heteroatoms. The van der Waals surface area contributed by atoms with Crippen molar-refractivity contribution in [1.29, 1.82) is 0 Å². The fraction of sp³-hybridized carbons (Fsp3) is 0.182. The summed E-state index contributed by atoms with van der Waals surface area (Å²) in [7, 11) is 2.17. The summed E-state index contributed by atoms with van der Waals surface area (Å²) in [5.41, 5.74) is 5.91. The molecule has 0 N–H and O–H groups in total. The fourth-order valence-electron chi connectivity index (χ4n) is 4.08. The Morgan fingerprint density at radius 3 is 2.42 bits per heavy atom. The van der Waals surface area contributed by atoms with Gasteiger partial charge in [0.2, 0.25) is 0 Å². The van der Waals surface area contributed by atoms with Crippen LogP contribution in [0.5, 0.6) is 0 Å². The minimum absolute atomic E-state index is 0.494. The van der Waals surface area contributed by atoms with Crippen molar-refractivity contribution in [2.75, 3.05) is 0 Å². The van der Waals surface area contributed by atoms with Gasteiger partial charge in [-0.1, -0.05) is 50.2 Å². The molecule has 0 unspecified atom stereocenters. The second-order valence-electron chi connectivity index (χ2n) is 6.89. The van der Waals surface area contributed by atoms with Crippen LogP contribution >= 0.6 is 0 Å². The quantitative estimate of drug-likeness (QED) is 0.352. The predicted molar refractivity (Wildman–Crippen MR) is 102 cm³/mol. The maximum atomic E-state index is 6.09. The molecule has 0 amide bonds. The molecule has 5 aromatic rings. The van der Waals surface area contributed by atoms with E-state index in [4.69, 9.17) is 4.42 Å². The first-order valence-electron chi connectivity index (χ1n) is 8.48. The van der Waals surface area contributed by atoms with E-state index in [1.54, 1.807) is 0 Å². The van der Waals surface area contributed by atoms with Crippen molar-refractivity contribution in [3.63, 3.8) is 0 Å². The van der Waals surface area contributed by atoms with Gasteiger partial charge >= 0.3 is 0 Å². The Morgan fingerprint density at radius 1 is 0.792 bits per heavy atom. The van der Waals surface area contributed by atoms with Crippen LogP contribution in [0.15, 0.2) is 59.0 Å². The molecule has 0 aliphatic rings. The van der Waals surface area contributed by atoms with Crippen LogP contribution in [0.3, 0.4) is 0 Å². The van der Waals surface area contributed by atoms with Gasteiger partial charge in [0.15, 0.2) is 0 Å². The topological polar surface area (TPSA) is 18.1 Å². The number of nitrogens with zero attached hydrogens (tertiary/aromatic N) is 1. The molecule has 0 spiro atoms. The van der Waals surface area contributed by atoms with Crippen molar-refractivity contribution >= 4 is 43.7 Å². The Kier molecular flexibility index (Phi) is 2.64. The molecule has 2 nitrogen and oxygen atoms in total. The molecule has 0 saturated heterocycles. The summed E-state index contributed by atoms with van der Waals surface area (Å²) in [5.74, 6) is 0.494. The van der Waals surface area contributed by atoms with Gasteiger partial charge in [-0.15, -0.1) is 0 Å². The summed E-state index contributed by atoms with van der Waals surface area (Å²) in [4.78, 5) is 0. The van der Waals surface area contributed by atoms with Crippen LogP contribution in [-0.4, -0.2) is 4.57 Å². The lowest BCUT2D eigenvalue weighted by molar-refractivity contribution is 0.669. The third-order valence-corrected chi connectivity index (χ3v) is 5.18. The molecule has 0 aliphatic heterocycles. The average molecular weight is 313 g/mol. The number of para-hydroxylation sites is 2. The highest BCUT2D eigenvalue weighted by Gasteiger charge is 2.18. The number of hydrogen-bond donors (Lipinski definition) is 0. The highest BCUT2D eigenvalue weighted by Crippen LogP contribution is 2.41. The van der Waals surface area contributed by atoms with Crippen molar-refractivity contribution in [3.05, 3.63) is 60.2 Å². The second kappa shape index (κ2) is 4.64. The standard InChI is InChI=1S/C22H19NO/c1-13(2)14-8-6-9-16-20-17(23(3)22(14)16)11-12-19-21(20)15-7-4-5-10-18(15)24-19/h4-13H,1-3H3. The van der Waals surface area contributed by atoms with Gasteiger partial charge in [-0.25, -0.2) is 0 Å². The van der Waals surface area contributed by atoms with E-state index in [-0.39, 0.29) is 0 Å². The van der Waals surface area contributed by atoms with Gasteiger partial charge in [-0.05, 0) is 29.7 Å². The van der Waals surface area contributed by atoms with Crippen LogP contribution in [0.4, 0.5) is 0 Å². The summed E-state index contributed by atoms with van der Waals surface area (Å²) >= 11 is 0. The highest BCUT2D eigenvalue weighted by atomic mass is 16.3. The Balaban J connectivity index is 2.12. The fourth-order valence-corrected chi connectivity index (χ4v) is 4.08. The number of aromatic nitrogens is 1. The first kappa shape index (κ1) is 13.7. The number of rotatable bonds is 1. The van der Waals surface area contributed by atoms with E-state index in [0.29, 0.717) is 5.92 Å². The van der Waals surface area contributed by atoms with Gasteiger partial charge < -0.3 is 8.98 Å². The number of fused-ring (bicyclic) bond motifs is 7. The molecule has 24 heavy (non-hydrogen) atoms. The SMILES string of the molecule is CC(C)c1cccc2c3c4c(ccc3n(C)c12)oc1ccccc14. The van der Waals surface area contributed by atoms with Gasteiger partial charge in [0.25, 0.3) is 0 Å². The number of furan rings is 1. The average Bonchev–Trinajstić information content (AvgIpc) is 3.10. The predicted octanol–water partition coefficient (Wildman–Crippen LogP) is 6.35. The molecular formula is C22H19NO. The van der Waals surface area contributed by atoms with E-state index >= 15 is 0 Å². The Morgan fingerprint density at radius 2 is 1.58 bits per heavy atom. The van der Waals surface area contributed by atoms with Crippen LogP contribution in [0.2, 0.25) is 0 Å². The van der Waals surface area contributed by atoms with Gasteiger partial charge in [0.1, 0.15) is 11.2 Å². The van der Waals surface area contributed by atoms with E-state index in [1.165, 1.54) is 38.1 Å². The van der Waals surface area contributed by atoms with Crippen LogP contribution < -0.4 is 0 Å². The zero-order chi connectivity index (χ0) is 16.4. The molecule has 0 atom stereocenters. The summed E-state index contributed by atoms with van der Waals surface area (Å²) in [5, 5.41) is 5.04. The molecular weight excluding hydrogens is 294 g/mol. The smallest absolute Gasteiger partial charge is 0.136 e. The first-order valence-corrected chi connectivity index (χ1v) is 8.48. The molecule has 118 valence electrons. The van der Waals surface area contributed by atoms with Crippen molar-refractivity contribution in [1.82, 2.24) is 4.57 Å². The van der Waals surface area contributed by atoms with Gasteiger partial charge in [-0.3, -0.25) is 0 Å². The molecule has 3 aromatic carbocycles. The van der Waals surface area contributed by atoms with Crippen molar-refractivity contribution in [2.24, 2.45) is 7.05 Å². The molecule has 0 saturated carbocycles. The Bertz CT molecular complexity index is 1240. The maximum Gasteiger partial charge on any atom is 0.136 e. The summed E-state index contributed by atoms with van der Waals surface area (Å²) in [6.07, 6.45) is 0. The summed E-state index contributed by atoms with van der Waals surface area (Å²) in [6.45, 7) is 4.52. The van der Waals surface area contributed by atoms with E-state index < -0.39 is 0 Å². The summed E-state index contributed by atoms with van der Waals surface area (Å²) < 4.78 is 8.42. The largest absolute Gasteiger partial charge is 0.456 e. The van der Waals surface area contributed by atoms with Gasteiger partial charge in [0, 0.05) is 34.1 Å². The first-order chi connectivity index (χ1) is 11.7. The third-order valence-electron chi connectivity index (χ3n) is 5.18. The highest BCUT2D eigenvalue weighted by molar-refractivity contribution is 6.27. The van der Waals surface area contributed by atoms with E-state index in [0.717, 1.165) is 11.2 Å². The monoisotopic (exact) mass is 313 g/mol. The van der Waals surface area contributed by atoms with Crippen LogP contribution in [0.25, 0.3) is 43.7 Å². The molecule has 0 bridgehead atoms. The van der Waals surface area contributed by atoms with Crippen molar-refractivity contribution < 1.29 is 4.42 Å². The maximum absolute atomic E-state index is 6.09. The van der Waals surface area contributed by atoms with E-state index in [1.807, 2.05) is 12.1 Å². The Hall–Kier alpha value is -2.74. The van der Waals surface area contributed by atoms with Gasteiger partial charge in [0.05, 0.1) is 5.52 Å². The molecule has 2 heterocycles. The van der Waals surface area contributed by atoms with Crippen LogP contribution in [-0.2, 0) is 7.05 Å². The van der Waals surface area contributed by atoms with Crippen molar-refractivity contribution in [2.45, 2.75) is 19.8 Å². The lowest BCUT2D eigenvalue weighted by Gasteiger charge is -2.09. The molecule has 2 aromatic heterocycles. The molecule has 5 rings (SSSR count). The minimum atomic E-state index is 0.494. The number of benzene rings is 3. The van der Waals surface area contributed by atoms with Crippen LogP contribution in [0, 0.1) is 0 Å². The lowest BCUT2D eigenvalue weighted by Crippen LogP contribution is -1.94.